The van der Waals surface area contributed by atoms with Gasteiger partial charge in [-0.25, -0.2) is 0 Å². The summed E-state index contributed by atoms with van der Waals surface area (Å²) in [6.45, 7) is 10.3. The average Bonchev–Trinajstić information content (AvgIpc) is 2.62. The van der Waals surface area contributed by atoms with Crippen LogP contribution in [0.3, 0.4) is 0 Å². The molecule has 0 bridgehead atoms. The van der Waals surface area contributed by atoms with E-state index >= 15 is 0 Å². The number of rotatable bonds is 1. The lowest BCUT2D eigenvalue weighted by Gasteiger charge is -2.38. The minimum atomic E-state index is 0.0120. The maximum Gasteiger partial charge on any atom is 0.274 e. The van der Waals surface area contributed by atoms with E-state index in [1.165, 1.54) is 0 Å². The highest BCUT2D eigenvalue weighted by Crippen LogP contribution is 2.34. The van der Waals surface area contributed by atoms with Crippen molar-refractivity contribution in [3.8, 4) is 0 Å². The van der Waals surface area contributed by atoms with Gasteiger partial charge in [0.05, 0.1) is 11.4 Å². The molecule has 5 nitrogen and oxygen atoms in total. The number of hydrogen-bond donors (Lipinski definition) is 1. The van der Waals surface area contributed by atoms with E-state index in [1.54, 1.807) is 11.7 Å². The Morgan fingerprint density at radius 2 is 1.85 bits per heavy atom. The standard InChI is InChI=1S/C15H26N4O/c1-10-12(16)13(18(5)17-10)14(20)19-8-6-11(7-9-19)15(2,3)4/h11H,6-9,16H2,1-5H3. The maximum absolute atomic E-state index is 12.6. The predicted molar refractivity (Wildman–Crippen MR) is 80.4 cm³/mol. The van der Waals surface area contributed by atoms with Crippen molar-refractivity contribution in [1.82, 2.24) is 14.7 Å². The quantitative estimate of drug-likeness (QED) is 0.856. The molecule has 2 rings (SSSR count). The van der Waals surface area contributed by atoms with Crippen LogP contribution in [0.2, 0.25) is 0 Å². The number of aromatic nitrogens is 2. The van der Waals surface area contributed by atoms with Crippen molar-refractivity contribution in [1.29, 1.82) is 0 Å². The summed E-state index contributed by atoms with van der Waals surface area (Å²) in [5.41, 5.74) is 8.05. The summed E-state index contributed by atoms with van der Waals surface area (Å²) < 4.78 is 1.60. The van der Waals surface area contributed by atoms with Crippen LogP contribution in [0, 0.1) is 18.3 Å². The van der Waals surface area contributed by atoms with E-state index in [2.05, 4.69) is 25.9 Å². The molecule has 0 radical (unpaired) electrons. The van der Waals surface area contributed by atoms with Gasteiger partial charge < -0.3 is 10.6 Å². The first-order valence-electron chi connectivity index (χ1n) is 7.30. The molecule has 1 aromatic heterocycles. The predicted octanol–water partition coefficient (Wildman–Crippen LogP) is 2.21. The number of aryl methyl sites for hydroxylation is 2. The van der Waals surface area contributed by atoms with Crippen LogP contribution in [0.5, 0.6) is 0 Å². The third kappa shape index (κ3) is 2.67. The second kappa shape index (κ2) is 5.11. The Morgan fingerprint density at radius 1 is 1.30 bits per heavy atom. The molecule has 2 heterocycles. The summed E-state index contributed by atoms with van der Waals surface area (Å²) in [5, 5.41) is 4.22. The lowest BCUT2D eigenvalue weighted by atomic mass is 9.75. The first kappa shape index (κ1) is 14.9. The summed E-state index contributed by atoms with van der Waals surface area (Å²) >= 11 is 0. The monoisotopic (exact) mass is 278 g/mol. The molecule has 1 aliphatic heterocycles. The molecule has 0 saturated carbocycles. The zero-order valence-corrected chi connectivity index (χ0v) is 13.2. The van der Waals surface area contributed by atoms with Crippen molar-refractivity contribution in [2.75, 3.05) is 18.8 Å². The van der Waals surface area contributed by atoms with E-state index in [4.69, 9.17) is 5.73 Å². The lowest BCUT2D eigenvalue weighted by molar-refractivity contribution is 0.0599. The van der Waals surface area contributed by atoms with Crippen LogP contribution in [-0.4, -0.2) is 33.7 Å². The number of piperidine rings is 1. The van der Waals surface area contributed by atoms with Crippen LogP contribution in [0.15, 0.2) is 0 Å². The Labute approximate surface area is 121 Å². The molecular weight excluding hydrogens is 252 g/mol. The highest BCUT2D eigenvalue weighted by atomic mass is 16.2. The zero-order chi connectivity index (χ0) is 15.1. The molecule has 0 unspecified atom stereocenters. The zero-order valence-electron chi connectivity index (χ0n) is 13.2. The SMILES string of the molecule is Cc1nn(C)c(C(=O)N2CCC(C(C)(C)C)CC2)c1N. The molecule has 0 aromatic carbocycles. The lowest BCUT2D eigenvalue weighted by Crippen LogP contribution is -2.42. The number of nitrogens with two attached hydrogens (primary N) is 1. The van der Waals surface area contributed by atoms with E-state index in [0.717, 1.165) is 31.6 Å². The fourth-order valence-corrected chi connectivity index (χ4v) is 3.03. The number of amides is 1. The van der Waals surface area contributed by atoms with E-state index in [9.17, 15) is 4.79 Å². The maximum atomic E-state index is 12.6. The topological polar surface area (TPSA) is 64.2 Å². The number of carbonyl (C=O) groups is 1. The van der Waals surface area contributed by atoms with E-state index in [1.807, 2.05) is 11.8 Å². The number of carbonyl (C=O) groups excluding carboxylic acids is 1. The number of nitrogens with zero attached hydrogens (tertiary/aromatic N) is 3. The van der Waals surface area contributed by atoms with Gasteiger partial charge in [-0.3, -0.25) is 9.48 Å². The van der Waals surface area contributed by atoms with Crippen LogP contribution in [0.4, 0.5) is 5.69 Å². The molecule has 1 saturated heterocycles. The van der Waals surface area contributed by atoms with Gasteiger partial charge in [-0.05, 0) is 31.1 Å². The Balaban J connectivity index is 2.09. The minimum Gasteiger partial charge on any atom is -0.395 e. The van der Waals surface area contributed by atoms with E-state index in [-0.39, 0.29) is 5.91 Å². The smallest absolute Gasteiger partial charge is 0.274 e. The van der Waals surface area contributed by atoms with Gasteiger partial charge in [0.1, 0.15) is 5.69 Å². The summed E-state index contributed by atoms with van der Waals surface area (Å²) in [6, 6.07) is 0. The largest absolute Gasteiger partial charge is 0.395 e. The molecule has 1 aliphatic rings. The molecule has 20 heavy (non-hydrogen) atoms. The third-order valence-corrected chi connectivity index (χ3v) is 4.48. The molecule has 1 aromatic rings. The highest BCUT2D eigenvalue weighted by molar-refractivity contribution is 5.98. The third-order valence-electron chi connectivity index (χ3n) is 4.48. The summed E-state index contributed by atoms with van der Waals surface area (Å²) in [7, 11) is 1.78. The minimum absolute atomic E-state index is 0.0120. The molecule has 0 spiro atoms. The number of hydrogen-bond acceptors (Lipinski definition) is 3. The van der Waals surface area contributed by atoms with Crippen LogP contribution in [0.25, 0.3) is 0 Å². The second-order valence-electron chi connectivity index (χ2n) is 6.90. The van der Waals surface area contributed by atoms with Crippen molar-refractivity contribution in [2.24, 2.45) is 18.4 Å². The Kier molecular flexibility index (Phi) is 3.80. The summed E-state index contributed by atoms with van der Waals surface area (Å²) in [4.78, 5) is 14.5. The fourth-order valence-electron chi connectivity index (χ4n) is 3.03. The Bertz CT molecular complexity index is 505. The van der Waals surface area contributed by atoms with Crippen LogP contribution in [0.1, 0.15) is 49.8 Å². The van der Waals surface area contributed by atoms with Crippen molar-refractivity contribution in [3.63, 3.8) is 0 Å². The van der Waals surface area contributed by atoms with Crippen molar-refractivity contribution in [3.05, 3.63) is 11.4 Å². The normalized spacial score (nSPS) is 17.6. The molecule has 5 heteroatoms. The van der Waals surface area contributed by atoms with Crippen molar-refractivity contribution >= 4 is 11.6 Å². The van der Waals surface area contributed by atoms with E-state index in [0.29, 0.717) is 22.7 Å². The fraction of sp³-hybridized carbons (Fsp3) is 0.733. The first-order chi connectivity index (χ1) is 9.21. The van der Waals surface area contributed by atoms with E-state index < -0.39 is 0 Å². The Hall–Kier alpha value is -1.52. The first-order valence-corrected chi connectivity index (χ1v) is 7.30. The molecule has 1 fully saturated rings. The highest BCUT2D eigenvalue weighted by Gasteiger charge is 2.32. The van der Waals surface area contributed by atoms with Gasteiger partial charge in [-0.2, -0.15) is 5.10 Å². The van der Waals surface area contributed by atoms with Crippen molar-refractivity contribution < 1.29 is 4.79 Å². The van der Waals surface area contributed by atoms with Gasteiger partial charge in [0.15, 0.2) is 0 Å². The average molecular weight is 278 g/mol. The number of nitrogen functional groups attached to an aromatic ring is 1. The molecule has 112 valence electrons. The van der Waals surface area contributed by atoms with Crippen LogP contribution >= 0.6 is 0 Å². The molecular formula is C15H26N4O. The van der Waals surface area contributed by atoms with Gasteiger partial charge in [-0.15, -0.1) is 0 Å². The summed E-state index contributed by atoms with van der Waals surface area (Å²) in [6.07, 6.45) is 2.12. The second-order valence-corrected chi connectivity index (χ2v) is 6.90. The van der Waals surface area contributed by atoms with Gasteiger partial charge >= 0.3 is 0 Å². The van der Waals surface area contributed by atoms with Gasteiger partial charge in [0.25, 0.3) is 5.91 Å². The molecule has 1 amide bonds. The molecule has 2 N–H and O–H groups in total. The van der Waals surface area contributed by atoms with Crippen LogP contribution in [-0.2, 0) is 7.05 Å². The molecule has 0 aliphatic carbocycles. The number of likely N-dealkylation sites (tertiary alicyclic amines) is 1. The molecule has 0 atom stereocenters. The summed E-state index contributed by atoms with van der Waals surface area (Å²) in [5.74, 6) is 0.690. The van der Waals surface area contributed by atoms with Gasteiger partial charge in [0, 0.05) is 20.1 Å². The van der Waals surface area contributed by atoms with Gasteiger partial charge in [-0.1, -0.05) is 20.8 Å². The Morgan fingerprint density at radius 3 is 2.25 bits per heavy atom. The van der Waals surface area contributed by atoms with Gasteiger partial charge in [0.2, 0.25) is 0 Å². The van der Waals surface area contributed by atoms with Crippen LogP contribution < -0.4 is 5.73 Å². The number of anilines is 1. The van der Waals surface area contributed by atoms with Crippen molar-refractivity contribution in [2.45, 2.75) is 40.5 Å².